The zero-order valence-electron chi connectivity index (χ0n) is 9.04. The third-order valence-corrected chi connectivity index (χ3v) is 3.09. The summed E-state index contributed by atoms with van der Waals surface area (Å²) in [5, 5.41) is 12.3. The molecule has 2 aliphatic rings. The zero-order valence-corrected chi connectivity index (χ0v) is 9.04. The van der Waals surface area contributed by atoms with Gasteiger partial charge in [0.05, 0.1) is 25.5 Å². The molecule has 2 aliphatic heterocycles. The Balaban J connectivity index is 1.65. The molecule has 0 aliphatic carbocycles. The van der Waals surface area contributed by atoms with Crippen molar-refractivity contribution in [1.29, 1.82) is 0 Å². The number of fused-ring (bicyclic) bond motifs is 1. The van der Waals surface area contributed by atoms with E-state index < -0.39 is 6.10 Å². The van der Waals surface area contributed by atoms with Gasteiger partial charge in [-0.15, -0.1) is 0 Å². The highest BCUT2D eigenvalue weighted by molar-refractivity contribution is 5.91. The van der Waals surface area contributed by atoms with Crippen LogP contribution in [-0.4, -0.2) is 48.6 Å². The summed E-state index contributed by atoms with van der Waals surface area (Å²) in [7, 11) is 0. The van der Waals surface area contributed by atoms with Crippen LogP contribution in [-0.2, 0) is 9.47 Å². The number of ether oxygens (including phenoxy) is 2. The second kappa shape index (κ2) is 4.14. The first-order valence-corrected chi connectivity index (χ1v) is 5.51. The highest BCUT2D eigenvalue weighted by atomic mass is 16.6. The van der Waals surface area contributed by atoms with Gasteiger partial charge >= 0.3 is 0 Å². The van der Waals surface area contributed by atoms with Crippen LogP contribution in [0, 0.1) is 0 Å². The van der Waals surface area contributed by atoms with Gasteiger partial charge in [-0.3, -0.25) is 4.79 Å². The second-order valence-electron chi connectivity index (χ2n) is 4.22. The summed E-state index contributed by atoms with van der Waals surface area (Å²) in [5.74, 6) is -0.0405. The minimum atomic E-state index is -0.606. The number of hydrogen-bond acceptors (Lipinski definition) is 5. The van der Waals surface area contributed by atoms with Crippen molar-refractivity contribution in [3.63, 3.8) is 0 Å². The maximum absolute atomic E-state index is 11.8. The second-order valence-corrected chi connectivity index (χ2v) is 4.22. The smallest absolute Gasteiger partial charge is 0.287 e. The summed E-state index contributed by atoms with van der Waals surface area (Å²) in [5.41, 5.74) is 0. The molecular formula is C11H13NO5. The largest absolute Gasteiger partial charge is 0.459 e. The molecule has 3 heterocycles. The lowest BCUT2D eigenvalue weighted by Crippen LogP contribution is -2.44. The molecule has 1 aromatic heterocycles. The van der Waals surface area contributed by atoms with Crippen LogP contribution in [0.2, 0.25) is 0 Å². The van der Waals surface area contributed by atoms with Crippen LogP contribution in [0.15, 0.2) is 22.8 Å². The van der Waals surface area contributed by atoms with E-state index in [0.29, 0.717) is 6.61 Å². The molecule has 0 bridgehead atoms. The van der Waals surface area contributed by atoms with E-state index in [-0.39, 0.29) is 36.5 Å². The van der Waals surface area contributed by atoms with Crippen molar-refractivity contribution < 1.29 is 23.8 Å². The fraction of sp³-hybridized carbons (Fsp3) is 0.545. The van der Waals surface area contributed by atoms with Gasteiger partial charge in [0.25, 0.3) is 5.91 Å². The monoisotopic (exact) mass is 239 g/mol. The first-order valence-electron chi connectivity index (χ1n) is 5.51. The topological polar surface area (TPSA) is 80.9 Å². The third kappa shape index (κ3) is 1.84. The van der Waals surface area contributed by atoms with Crippen LogP contribution in [0.25, 0.3) is 0 Å². The Hall–Kier alpha value is -1.37. The molecule has 3 rings (SSSR count). The minimum absolute atomic E-state index is 0.241. The summed E-state index contributed by atoms with van der Waals surface area (Å²) in [4.78, 5) is 11.8. The molecule has 2 N–H and O–H groups in total. The van der Waals surface area contributed by atoms with Crippen LogP contribution < -0.4 is 5.32 Å². The Bertz CT molecular complexity index is 404. The molecule has 0 saturated carbocycles. The molecule has 6 heteroatoms. The van der Waals surface area contributed by atoms with Crippen molar-refractivity contribution in [2.24, 2.45) is 0 Å². The number of rotatable bonds is 2. The van der Waals surface area contributed by atoms with Crippen LogP contribution in [0.5, 0.6) is 0 Å². The normalized spacial score (nSPS) is 35.8. The maximum Gasteiger partial charge on any atom is 0.287 e. The molecule has 1 amide bonds. The first kappa shape index (κ1) is 10.8. The standard InChI is InChI=1S/C11H13NO5/c13-7-5-17-9-6(4-16-10(7)9)12-11(14)8-2-1-3-15-8/h1-3,6-7,9-10,13H,4-5H2,(H,12,14)/t6-,7-,9-,10+/m1/s1. The van der Waals surface area contributed by atoms with Gasteiger partial charge in [-0.25, -0.2) is 0 Å². The molecule has 0 aromatic carbocycles. The molecular weight excluding hydrogens is 226 g/mol. The van der Waals surface area contributed by atoms with Crippen molar-refractivity contribution >= 4 is 5.91 Å². The molecule has 17 heavy (non-hydrogen) atoms. The molecule has 2 saturated heterocycles. The predicted octanol–water partition coefficient (Wildman–Crippen LogP) is -0.463. The van der Waals surface area contributed by atoms with Gasteiger partial charge in [-0.05, 0) is 12.1 Å². The number of nitrogens with one attached hydrogen (secondary N) is 1. The van der Waals surface area contributed by atoms with Gasteiger partial charge in [-0.1, -0.05) is 0 Å². The number of carbonyl (C=O) groups excluding carboxylic acids is 1. The lowest BCUT2D eigenvalue weighted by molar-refractivity contribution is 0.0178. The predicted molar refractivity (Wildman–Crippen MR) is 55.4 cm³/mol. The van der Waals surface area contributed by atoms with E-state index in [1.807, 2.05) is 0 Å². The van der Waals surface area contributed by atoms with Crippen molar-refractivity contribution in [2.45, 2.75) is 24.4 Å². The summed E-state index contributed by atoms with van der Waals surface area (Å²) < 4.78 is 15.8. The lowest BCUT2D eigenvalue weighted by atomic mass is 10.1. The van der Waals surface area contributed by atoms with Gasteiger partial charge in [0.1, 0.15) is 18.3 Å². The molecule has 2 fully saturated rings. The highest BCUT2D eigenvalue weighted by Crippen LogP contribution is 2.27. The number of amides is 1. The average Bonchev–Trinajstić information content (AvgIpc) is 3.00. The third-order valence-electron chi connectivity index (χ3n) is 3.09. The zero-order chi connectivity index (χ0) is 11.8. The summed E-state index contributed by atoms with van der Waals surface area (Å²) in [6.45, 7) is 0.599. The fourth-order valence-electron chi connectivity index (χ4n) is 2.25. The molecule has 4 atom stereocenters. The number of hydrogen-bond donors (Lipinski definition) is 2. The molecule has 0 unspecified atom stereocenters. The van der Waals surface area contributed by atoms with Gasteiger partial charge in [0, 0.05) is 0 Å². The Morgan fingerprint density at radius 3 is 2.94 bits per heavy atom. The summed E-state index contributed by atoms with van der Waals surface area (Å²) >= 11 is 0. The molecule has 6 nitrogen and oxygen atoms in total. The van der Waals surface area contributed by atoms with Crippen LogP contribution in [0.3, 0.4) is 0 Å². The highest BCUT2D eigenvalue weighted by Gasteiger charge is 2.47. The SMILES string of the molecule is O=C(N[C@@H]1CO[C@@H]2[C@@H]1OC[C@H]2O)c1ccco1. The number of furan rings is 1. The van der Waals surface area contributed by atoms with E-state index in [9.17, 15) is 9.90 Å². The van der Waals surface area contributed by atoms with Crippen molar-refractivity contribution in [1.82, 2.24) is 5.32 Å². The number of carbonyl (C=O) groups is 1. The lowest BCUT2D eigenvalue weighted by Gasteiger charge is -2.16. The Kier molecular flexibility index (Phi) is 2.62. The first-order chi connectivity index (χ1) is 8.25. The van der Waals surface area contributed by atoms with Gasteiger partial charge in [0.15, 0.2) is 5.76 Å². The average molecular weight is 239 g/mol. The maximum atomic E-state index is 11.8. The number of aliphatic hydroxyl groups is 1. The Labute approximate surface area is 97.5 Å². The van der Waals surface area contributed by atoms with Crippen LogP contribution in [0.4, 0.5) is 0 Å². The van der Waals surface area contributed by atoms with E-state index in [1.54, 1.807) is 12.1 Å². The fourth-order valence-corrected chi connectivity index (χ4v) is 2.25. The molecule has 0 radical (unpaired) electrons. The quantitative estimate of drug-likeness (QED) is 0.729. The van der Waals surface area contributed by atoms with Crippen LogP contribution >= 0.6 is 0 Å². The van der Waals surface area contributed by atoms with Gasteiger partial charge in [0.2, 0.25) is 0 Å². The van der Waals surface area contributed by atoms with E-state index in [0.717, 1.165) is 0 Å². The van der Waals surface area contributed by atoms with E-state index in [4.69, 9.17) is 13.9 Å². The summed E-state index contributed by atoms with van der Waals surface area (Å²) in [6.07, 6.45) is 0.227. The van der Waals surface area contributed by atoms with E-state index in [2.05, 4.69) is 5.32 Å². The molecule has 0 spiro atoms. The van der Waals surface area contributed by atoms with Crippen LogP contribution in [0.1, 0.15) is 10.6 Å². The van der Waals surface area contributed by atoms with Gasteiger partial charge < -0.3 is 24.3 Å². The summed E-state index contributed by atoms with van der Waals surface area (Å²) in [6, 6.07) is 3.00. The van der Waals surface area contributed by atoms with Gasteiger partial charge in [-0.2, -0.15) is 0 Å². The van der Waals surface area contributed by atoms with Crippen molar-refractivity contribution in [3.05, 3.63) is 24.2 Å². The Morgan fingerprint density at radius 1 is 1.35 bits per heavy atom. The Morgan fingerprint density at radius 2 is 2.18 bits per heavy atom. The molecule has 92 valence electrons. The van der Waals surface area contributed by atoms with Crippen molar-refractivity contribution in [3.8, 4) is 0 Å². The van der Waals surface area contributed by atoms with E-state index in [1.165, 1.54) is 6.26 Å². The number of aliphatic hydroxyl groups excluding tert-OH is 1. The minimum Gasteiger partial charge on any atom is -0.459 e. The molecule has 1 aromatic rings. The van der Waals surface area contributed by atoms with Crippen molar-refractivity contribution in [2.75, 3.05) is 13.2 Å². The van der Waals surface area contributed by atoms with E-state index >= 15 is 0 Å².